The summed E-state index contributed by atoms with van der Waals surface area (Å²) < 4.78 is 15.7. The van der Waals surface area contributed by atoms with Crippen LogP contribution in [0.3, 0.4) is 0 Å². The fraction of sp³-hybridized carbons (Fsp3) is 0.700. The van der Waals surface area contributed by atoms with Crippen molar-refractivity contribution in [2.24, 2.45) is 0 Å². The lowest BCUT2D eigenvalue weighted by atomic mass is 10.3. The molecule has 0 bridgehead atoms. The van der Waals surface area contributed by atoms with Gasteiger partial charge in [0.15, 0.2) is 5.79 Å². The van der Waals surface area contributed by atoms with E-state index in [4.69, 9.17) is 14.2 Å². The SMILES string of the molecule is [CH2]C(C)OC(C)(C)OCCOC=C. The molecular formula is C10H19O3. The summed E-state index contributed by atoms with van der Waals surface area (Å²) >= 11 is 0. The minimum absolute atomic E-state index is 0.0877. The molecule has 0 aromatic heterocycles. The topological polar surface area (TPSA) is 27.7 Å². The summed E-state index contributed by atoms with van der Waals surface area (Å²) in [7, 11) is 0. The van der Waals surface area contributed by atoms with Crippen LogP contribution in [0.4, 0.5) is 0 Å². The van der Waals surface area contributed by atoms with Gasteiger partial charge in [0.2, 0.25) is 0 Å². The van der Waals surface area contributed by atoms with Gasteiger partial charge in [-0.1, -0.05) is 6.58 Å². The number of ether oxygens (including phenoxy) is 3. The van der Waals surface area contributed by atoms with E-state index < -0.39 is 5.79 Å². The van der Waals surface area contributed by atoms with Gasteiger partial charge in [-0.25, -0.2) is 0 Å². The first kappa shape index (κ1) is 12.5. The molecule has 0 aliphatic carbocycles. The van der Waals surface area contributed by atoms with Gasteiger partial charge in [0.05, 0.1) is 19.0 Å². The fourth-order valence-electron chi connectivity index (χ4n) is 0.937. The first-order chi connectivity index (χ1) is 5.98. The average Bonchev–Trinajstić information content (AvgIpc) is 1.95. The summed E-state index contributed by atoms with van der Waals surface area (Å²) in [6, 6.07) is 0. The van der Waals surface area contributed by atoms with Crippen molar-refractivity contribution >= 4 is 0 Å². The highest BCUT2D eigenvalue weighted by Gasteiger charge is 2.19. The minimum Gasteiger partial charge on any atom is -0.499 e. The zero-order chi connectivity index (χ0) is 10.3. The number of rotatable bonds is 7. The molecule has 0 spiro atoms. The smallest absolute Gasteiger partial charge is 0.163 e. The Labute approximate surface area is 80.7 Å². The molecule has 77 valence electrons. The van der Waals surface area contributed by atoms with Gasteiger partial charge in [-0.15, -0.1) is 0 Å². The molecule has 1 atom stereocenters. The van der Waals surface area contributed by atoms with Gasteiger partial charge in [-0.05, 0) is 27.7 Å². The van der Waals surface area contributed by atoms with E-state index in [1.807, 2.05) is 20.8 Å². The van der Waals surface area contributed by atoms with Crippen LogP contribution < -0.4 is 0 Å². The Balaban J connectivity index is 3.56. The summed E-state index contributed by atoms with van der Waals surface area (Å²) in [6.45, 7) is 13.7. The third-order valence-electron chi connectivity index (χ3n) is 1.25. The molecule has 3 nitrogen and oxygen atoms in total. The van der Waals surface area contributed by atoms with Crippen LogP contribution in [0.2, 0.25) is 0 Å². The van der Waals surface area contributed by atoms with Crippen molar-refractivity contribution in [1.29, 1.82) is 0 Å². The zero-order valence-electron chi connectivity index (χ0n) is 8.71. The van der Waals surface area contributed by atoms with Crippen LogP contribution in [0.5, 0.6) is 0 Å². The summed E-state index contributed by atoms with van der Waals surface area (Å²) in [5, 5.41) is 0. The van der Waals surface area contributed by atoms with Gasteiger partial charge < -0.3 is 14.2 Å². The molecule has 0 aliphatic heterocycles. The van der Waals surface area contributed by atoms with Gasteiger partial charge in [0.1, 0.15) is 6.61 Å². The predicted molar refractivity (Wildman–Crippen MR) is 52.1 cm³/mol. The molecule has 0 aromatic carbocycles. The number of hydrogen-bond donors (Lipinski definition) is 0. The lowest BCUT2D eigenvalue weighted by Crippen LogP contribution is -2.32. The quantitative estimate of drug-likeness (QED) is 0.347. The van der Waals surface area contributed by atoms with E-state index in [0.717, 1.165) is 0 Å². The van der Waals surface area contributed by atoms with E-state index in [0.29, 0.717) is 13.2 Å². The van der Waals surface area contributed by atoms with Crippen molar-refractivity contribution in [3.05, 3.63) is 19.8 Å². The lowest BCUT2D eigenvalue weighted by Gasteiger charge is -2.27. The maximum Gasteiger partial charge on any atom is 0.163 e. The second-order valence-corrected chi connectivity index (χ2v) is 3.21. The van der Waals surface area contributed by atoms with Crippen LogP contribution in [0.15, 0.2) is 12.8 Å². The third-order valence-corrected chi connectivity index (χ3v) is 1.25. The molecule has 0 saturated carbocycles. The van der Waals surface area contributed by atoms with Crippen LogP contribution >= 0.6 is 0 Å². The Hall–Kier alpha value is -0.540. The molecule has 0 rings (SSSR count). The molecule has 0 aliphatic rings. The lowest BCUT2D eigenvalue weighted by molar-refractivity contribution is -0.229. The highest BCUT2D eigenvalue weighted by atomic mass is 16.7. The first-order valence-electron chi connectivity index (χ1n) is 4.35. The van der Waals surface area contributed by atoms with Crippen LogP contribution in [0.25, 0.3) is 0 Å². The van der Waals surface area contributed by atoms with Gasteiger partial charge >= 0.3 is 0 Å². The van der Waals surface area contributed by atoms with Gasteiger partial charge in [-0.3, -0.25) is 0 Å². The molecule has 0 saturated heterocycles. The fourth-order valence-corrected chi connectivity index (χ4v) is 0.937. The largest absolute Gasteiger partial charge is 0.499 e. The van der Waals surface area contributed by atoms with E-state index in [2.05, 4.69) is 13.5 Å². The summed E-state index contributed by atoms with van der Waals surface area (Å²) in [5.41, 5.74) is 0. The summed E-state index contributed by atoms with van der Waals surface area (Å²) in [5.74, 6) is -0.605. The highest BCUT2D eigenvalue weighted by Crippen LogP contribution is 2.13. The Morgan fingerprint density at radius 3 is 2.46 bits per heavy atom. The molecule has 1 radical (unpaired) electrons. The summed E-state index contributed by atoms with van der Waals surface area (Å²) in [4.78, 5) is 0. The third kappa shape index (κ3) is 7.81. The maximum absolute atomic E-state index is 5.41. The second kappa shape index (κ2) is 6.00. The van der Waals surface area contributed by atoms with Crippen LogP contribution in [0, 0.1) is 6.92 Å². The van der Waals surface area contributed by atoms with E-state index in [1.165, 1.54) is 6.26 Å². The molecule has 3 heteroatoms. The van der Waals surface area contributed by atoms with Gasteiger partial charge in [0.25, 0.3) is 0 Å². The normalized spacial score (nSPS) is 11.8. The van der Waals surface area contributed by atoms with Crippen molar-refractivity contribution < 1.29 is 14.2 Å². The zero-order valence-corrected chi connectivity index (χ0v) is 8.71. The average molecular weight is 187 g/mol. The first-order valence-corrected chi connectivity index (χ1v) is 4.35. The predicted octanol–water partition coefficient (Wildman–Crippen LogP) is 2.14. The number of hydrogen-bond acceptors (Lipinski definition) is 3. The maximum atomic E-state index is 5.41. The summed E-state index contributed by atoms with van der Waals surface area (Å²) in [6.07, 6.45) is 1.30. The second-order valence-electron chi connectivity index (χ2n) is 3.21. The van der Waals surface area contributed by atoms with E-state index in [9.17, 15) is 0 Å². The monoisotopic (exact) mass is 187 g/mol. The van der Waals surface area contributed by atoms with E-state index in [1.54, 1.807) is 0 Å². The van der Waals surface area contributed by atoms with Crippen molar-refractivity contribution in [1.82, 2.24) is 0 Å². The van der Waals surface area contributed by atoms with Crippen molar-refractivity contribution in [3.63, 3.8) is 0 Å². The van der Waals surface area contributed by atoms with Crippen molar-refractivity contribution in [3.8, 4) is 0 Å². The standard InChI is InChI=1S/C10H19O3/c1-6-11-7-8-12-10(4,5)13-9(2)3/h6,9H,1-2,7-8H2,3-5H3. The van der Waals surface area contributed by atoms with Gasteiger partial charge in [-0.2, -0.15) is 0 Å². The Morgan fingerprint density at radius 1 is 1.38 bits per heavy atom. The van der Waals surface area contributed by atoms with Crippen LogP contribution in [0.1, 0.15) is 20.8 Å². The van der Waals surface area contributed by atoms with Gasteiger partial charge in [0, 0.05) is 0 Å². The van der Waals surface area contributed by atoms with Crippen LogP contribution in [-0.2, 0) is 14.2 Å². The minimum atomic E-state index is -0.605. The molecule has 1 unspecified atom stereocenters. The van der Waals surface area contributed by atoms with Crippen molar-refractivity contribution in [2.75, 3.05) is 13.2 Å². The Kier molecular flexibility index (Phi) is 5.75. The Morgan fingerprint density at radius 2 is 2.00 bits per heavy atom. The molecular weight excluding hydrogens is 168 g/mol. The van der Waals surface area contributed by atoms with E-state index >= 15 is 0 Å². The molecule has 0 fully saturated rings. The molecule has 0 amide bonds. The van der Waals surface area contributed by atoms with Crippen LogP contribution in [-0.4, -0.2) is 25.1 Å². The highest BCUT2D eigenvalue weighted by molar-refractivity contribution is 4.60. The molecule has 0 heterocycles. The van der Waals surface area contributed by atoms with Crippen molar-refractivity contribution in [2.45, 2.75) is 32.7 Å². The Bertz CT molecular complexity index is 141. The van der Waals surface area contributed by atoms with E-state index in [-0.39, 0.29) is 6.10 Å². The molecule has 0 N–H and O–H groups in total. The molecule has 13 heavy (non-hydrogen) atoms. The molecule has 0 aromatic rings.